The number of hydrogen-bond acceptors (Lipinski definition) is 0. The number of aryl methyl sites for hydroxylation is 4. The molecule has 0 bridgehead atoms. The SMILES string of the molecule is Cc1[c]c(C)c2cccc(C)c2c1C. The summed E-state index contributed by atoms with van der Waals surface area (Å²) in [5.41, 5.74) is 5.25. The molecule has 0 N–H and O–H groups in total. The molecular weight excluding hydrogens is 168 g/mol. The van der Waals surface area contributed by atoms with Crippen LogP contribution in [-0.2, 0) is 0 Å². The van der Waals surface area contributed by atoms with E-state index >= 15 is 0 Å². The fourth-order valence-corrected chi connectivity index (χ4v) is 2.11. The second-order valence-electron chi connectivity index (χ2n) is 4.00. The van der Waals surface area contributed by atoms with Crippen molar-refractivity contribution >= 4 is 10.8 Å². The Kier molecular flexibility index (Phi) is 2.07. The van der Waals surface area contributed by atoms with E-state index in [1.807, 2.05) is 0 Å². The molecule has 2 rings (SSSR count). The summed E-state index contributed by atoms with van der Waals surface area (Å²) in [7, 11) is 0. The van der Waals surface area contributed by atoms with Gasteiger partial charge in [0.25, 0.3) is 0 Å². The van der Waals surface area contributed by atoms with Crippen molar-refractivity contribution in [2.45, 2.75) is 27.7 Å². The third kappa shape index (κ3) is 1.22. The van der Waals surface area contributed by atoms with Gasteiger partial charge in [0, 0.05) is 0 Å². The normalized spacial score (nSPS) is 10.9. The van der Waals surface area contributed by atoms with E-state index in [2.05, 4.69) is 52.0 Å². The van der Waals surface area contributed by atoms with E-state index in [-0.39, 0.29) is 0 Å². The Morgan fingerprint density at radius 1 is 0.929 bits per heavy atom. The molecule has 0 nitrogen and oxygen atoms in total. The predicted molar refractivity (Wildman–Crippen MR) is 61.7 cm³/mol. The Labute approximate surface area is 85.6 Å². The Hall–Kier alpha value is -1.30. The van der Waals surface area contributed by atoms with Gasteiger partial charge in [-0.2, -0.15) is 0 Å². The van der Waals surface area contributed by atoms with Gasteiger partial charge in [-0.05, 0) is 66.8 Å². The van der Waals surface area contributed by atoms with Gasteiger partial charge in [-0.25, -0.2) is 0 Å². The summed E-state index contributed by atoms with van der Waals surface area (Å²) in [5.74, 6) is 0. The van der Waals surface area contributed by atoms with Crippen molar-refractivity contribution < 1.29 is 0 Å². The van der Waals surface area contributed by atoms with Gasteiger partial charge in [-0.1, -0.05) is 18.2 Å². The van der Waals surface area contributed by atoms with Gasteiger partial charge in [0.2, 0.25) is 0 Å². The molecule has 0 amide bonds. The highest BCUT2D eigenvalue weighted by Gasteiger charge is 2.05. The van der Waals surface area contributed by atoms with E-state index in [1.54, 1.807) is 0 Å². The van der Waals surface area contributed by atoms with Crippen LogP contribution in [0.15, 0.2) is 18.2 Å². The molecular formula is C14H15. The number of fused-ring (bicyclic) bond motifs is 1. The minimum absolute atomic E-state index is 1.26. The third-order valence-corrected chi connectivity index (χ3v) is 2.99. The van der Waals surface area contributed by atoms with Crippen molar-refractivity contribution in [2.75, 3.05) is 0 Å². The molecule has 0 atom stereocenters. The summed E-state index contributed by atoms with van der Waals surface area (Å²) < 4.78 is 0. The first-order valence-electron chi connectivity index (χ1n) is 4.99. The Bertz CT molecular complexity index is 493. The van der Waals surface area contributed by atoms with E-state index < -0.39 is 0 Å². The van der Waals surface area contributed by atoms with Crippen LogP contribution in [0.5, 0.6) is 0 Å². The predicted octanol–water partition coefficient (Wildman–Crippen LogP) is 3.87. The molecule has 0 unspecified atom stereocenters. The van der Waals surface area contributed by atoms with Gasteiger partial charge in [-0.3, -0.25) is 0 Å². The topological polar surface area (TPSA) is 0 Å². The minimum atomic E-state index is 1.26. The van der Waals surface area contributed by atoms with Crippen LogP contribution in [0, 0.1) is 33.8 Å². The molecule has 2 aromatic rings. The zero-order valence-electron chi connectivity index (χ0n) is 9.23. The maximum absolute atomic E-state index is 3.41. The zero-order chi connectivity index (χ0) is 10.3. The van der Waals surface area contributed by atoms with Crippen LogP contribution in [0.25, 0.3) is 10.8 Å². The van der Waals surface area contributed by atoms with Crippen LogP contribution >= 0.6 is 0 Å². The van der Waals surface area contributed by atoms with E-state index in [0.29, 0.717) is 0 Å². The van der Waals surface area contributed by atoms with Gasteiger partial charge in [0.15, 0.2) is 0 Å². The summed E-state index contributed by atoms with van der Waals surface area (Å²) in [6, 6.07) is 9.88. The molecule has 1 radical (unpaired) electrons. The van der Waals surface area contributed by atoms with Gasteiger partial charge >= 0.3 is 0 Å². The van der Waals surface area contributed by atoms with Crippen LogP contribution in [0.2, 0.25) is 0 Å². The molecule has 0 spiro atoms. The summed E-state index contributed by atoms with van der Waals surface area (Å²) in [4.78, 5) is 0. The monoisotopic (exact) mass is 183 g/mol. The molecule has 14 heavy (non-hydrogen) atoms. The average Bonchev–Trinajstić information content (AvgIpc) is 2.14. The first kappa shape index (κ1) is 9.26. The van der Waals surface area contributed by atoms with Gasteiger partial charge in [0.05, 0.1) is 0 Å². The number of benzene rings is 2. The second kappa shape index (κ2) is 3.13. The lowest BCUT2D eigenvalue weighted by atomic mass is 9.94. The maximum atomic E-state index is 3.41. The summed E-state index contributed by atoms with van der Waals surface area (Å²) in [6.07, 6.45) is 0. The Morgan fingerprint density at radius 3 is 2.36 bits per heavy atom. The highest BCUT2D eigenvalue weighted by Crippen LogP contribution is 2.27. The molecule has 0 aromatic heterocycles. The second-order valence-corrected chi connectivity index (χ2v) is 4.00. The molecule has 0 heterocycles. The van der Waals surface area contributed by atoms with Crippen LogP contribution in [0.1, 0.15) is 22.3 Å². The van der Waals surface area contributed by atoms with Crippen molar-refractivity contribution in [2.24, 2.45) is 0 Å². The van der Waals surface area contributed by atoms with Gasteiger partial charge in [-0.15, -0.1) is 0 Å². The largest absolute Gasteiger partial charge is 0.0614 e. The Balaban J connectivity index is 3.03. The van der Waals surface area contributed by atoms with Gasteiger partial charge < -0.3 is 0 Å². The highest BCUT2D eigenvalue weighted by molar-refractivity contribution is 5.91. The van der Waals surface area contributed by atoms with Crippen LogP contribution < -0.4 is 0 Å². The molecule has 0 saturated heterocycles. The first-order valence-corrected chi connectivity index (χ1v) is 4.99. The molecule has 0 fully saturated rings. The smallest absolute Gasteiger partial charge is 0.0111 e. The summed E-state index contributed by atoms with van der Waals surface area (Å²) in [5, 5.41) is 2.74. The quantitative estimate of drug-likeness (QED) is 0.581. The lowest BCUT2D eigenvalue weighted by Gasteiger charge is -2.10. The lowest BCUT2D eigenvalue weighted by Crippen LogP contribution is -1.90. The van der Waals surface area contributed by atoms with E-state index in [4.69, 9.17) is 0 Å². The molecule has 2 aromatic carbocycles. The van der Waals surface area contributed by atoms with E-state index in [9.17, 15) is 0 Å². The molecule has 0 heteroatoms. The summed E-state index contributed by atoms with van der Waals surface area (Å²) >= 11 is 0. The Morgan fingerprint density at radius 2 is 1.64 bits per heavy atom. The van der Waals surface area contributed by atoms with Crippen LogP contribution in [0.3, 0.4) is 0 Å². The summed E-state index contributed by atoms with van der Waals surface area (Å²) in [6.45, 7) is 8.62. The van der Waals surface area contributed by atoms with E-state index in [1.165, 1.54) is 33.0 Å². The molecule has 71 valence electrons. The van der Waals surface area contributed by atoms with Crippen molar-refractivity contribution in [1.82, 2.24) is 0 Å². The fraction of sp³-hybridized carbons (Fsp3) is 0.286. The lowest BCUT2D eigenvalue weighted by molar-refractivity contribution is 1.32. The van der Waals surface area contributed by atoms with E-state index in [0.717, 1.165) is 0 Å². The fourth-order valence-electron chi connectivity index (χ4n) is 2.11. The average molecular weight is 183 g/mol. The molecule has 0 saturated carbocycles. The van der Waals surface area contributed by atoms with Crippen LogP contribution in [-0.4, -0.2) is 0 Å². The molecule has 0 aliphatic rings. The van der Waals surface area contributed by atoms with Crippen molar-refractivity contribution in [1.29, 1.82) is 0 Å². The molecule has 0 aliphatic heterocycles. The first-order chi connectivity index (χ1) is 6.61. The number of rotatable bonds is 0. The zero-order valence-corrected chi connectivity index (χ0v) is 9.23. The standard InChI is InChI=1S/C14H15/c1-9-6-5-7-13-11(3)8-10(2)12(4)14(9)13/h5-7H,1-4H3. The highest BCUT2D eigenvalue weighted by atomic mass is 14.1. The maximum Gasteiger partial charge on any atom is -0.0111 e. The van der Waals surface area contributed by atoms with Crippen molar-refractivity contribution in [3.8, 4) is 0 Å². The third-order valence-electron chi connectivity index (χ3n) is 2.99. The minimum Gasteiger partial charge on any atom is -0.0614 e. The van der Waals surface area contributed by atoms with Crippen molar-refractivity contribution in [3.05, 3.63) is 46.5 Å². The molecule has 0 aliphatic carbocycles. The number of hydrogen-bond donors (Lipinski definition) is 0. The van der Waals surface area contributed by atoms with Crippen LogP contribution in [0.4, 0.5) is 0 Å². The van der Waals surface area contributed by atoms with Gasteiger partial charge in [0.1, 0.15) is 0 Å². The van der Waals surface area contributed by atoms with Crippen molar-refractivity contribution in [3.63, 3.8) is 0 Å².